The molecule has 0 unspecified atom stereocenters. The Balaban J connectivity index is 1.36. The van der Waals surface area contributed by atoms with Crippen molar-refractivity contribution in [1.82, 2.24) is 10.6 Å². The van der Waals surface area contributed by atoms with Gasteiger partial charge in [-0.2, -0.15) is 0 Å². The molecule has 0 atom stereocenters. The molecule has 0 aliphatic carbocycles. The lowest BCUT2D eigenvalue weighted by Crippen LogP contribution is -2.37. The molecule has 0 amide bonds. The highest BCUT2D eigenvalue weighted by Crippen LogP contribution is 2.24. The fraction of sp³-hybridized carbons (Fsp3) is 0.458. The topological polar surface area (TPSA) is 64.1 Å². The van der Waals surface area contributed by atoms with Crippen LogP contribution in [0.3, 0.4) is 0 Å². The van der Waals surface area contributed by atoms with Crippen LogP contribution >= 0.6 is 0 Å². The second-order valence-corrected chi connectivity index (χ2v) is 7.36. The first-order valence-electron chi connectivity index (χ1n) is 10.8. The molecule has 0 radical (unpaired) electrons. The van der Waals surface area contributed by atoms with E-state index in [0.29, 0.717) is 12.5 Å². The summed E-state index contributed by atoms with van der Waals surface area (Å²) in [6, 6.07) is 17.9. The van der Waals surface area contributed by atoms with Gasteiger partial charge in [-0.25, -0.2) is 0 Å². The Morgan fingerprint density at radius 2 is 1.80 bits per heavy atom. The average Bonchev–Trinajstić information content (AvgIpc) is 2.80. The second-order valence-electron chi connectivity index (χ2n) is 7.36. The van der Waals surface area contributed by atoms with Gasteiger partial charge in [-0.1, -0.05) is 36.4 Å². The fourth-order valence-corrected chi connectivity index (χ4v) is 3.31. The molecule has 0 spiro atoms. The number of ether oxygens (including phenoxy) is 3. The smallest absolute Gasteiger partial charge is 0.191 e. The minimum atomic E-state index is 0.628. The SMILES string of the molecule is CN=C(NCCCOCC1CCOCC1)NCc1ccccc1Oc1ccccc1. The summed E-state index contributed by atoms with van der Waals surface area (Å²) in [5.41, 5.74) is 1.07. The largest absolute Gasteiger partial charge is 0.457 e. The fourth-order valence-electron chi connectivity index (χ4n) is 3.31. The van der Waals surface area contributed by atoms with Gasteiger partial charge in [0.15, 0.2) is 5.96 Å². The van der Waals surface area contributed by atoms with Gasteiger partial charge in [-0.15, -0.1) is 0 Å². The Morgan fingerprint density at radius 3 is 2.60 bits per heavy atom. The number of guanidine groups is 1. The van der Waals surface area contributed by atoms with Crippen LogP contribution in [0.1, 0.15) is 24.8 Å². The Labute approximate surface area is 179 Å². The maximum atomic E-state index is 6.03. The Kier molecular flexibility index (Phi) is 9.50. The highest BCUT2D eigenvalue weighted by Gasteiger charge is 2.13. The lowest BCUT2D eigenvalue weighted by atomic mass is 10.0. The molecule has 30 heavy (non-hydrogen) atoms. The highest BCUT2D eigenvalue weighted by molar-refractivity contribution is 5.79. The number of nitrogens with one attached hydrogen (secondary N) is 2. The summed E-state index contributed by atoms with van der Waals surface area (Å²) in [4.78, 5) is 4.31. The molecule has 1 aliphatic heterocycles. The second kappa shape index (κ2) is 12.9. The van der Waals surface area contributed by atoms with Crippen LogP contribution in [0.5, 0.6) is 11.5 Å². The molecular formula is C24H33N3O3. The normalized spacial score (nSPS) is 15.0. The van der Waals surface area contributed by atoms with Crippen molar-refractivity contribution in [3.63, 3.8) is 0 Å². The third kappa shape index (κ3) is 7.69. The molecule has 1 aliphatic rings. The van der Waals surface area contributed by atoms with Crippen LogP contribution < -0.4 is 15.4 Å². The first kappa shape index (κ1) is 22.1. The standard InChI is InChI=1S/C24H33N3O3/c1-25-24(26-14-7-15-29-19-20-12-16-28-17-13-20)27-18-21-8-5-6-11-23(21)30-22-9-3-2-4-10-22/h2-6,8-11,20H,7,12-19H2,1H3,(H2,25,26,27). The zero-order valence-corrected chi connectivity index (χ0v) is 17.8. The molecule has 1 fully saturated rings. The Hall–Kier alpha value is -2.57. The number of aliphatic imine (C=N–C) groups is 1. The van der Waals surface area contributed by atoms with Crippen molar-refractivity contribution in [2.75, 3.05) is 40.0 Å². The quantitative estimate of drug-likeness (QED) is 0.352. The van der Waals surface area contributed by atoms with Gasteiger partial charge in [0.25, 0.3) is 0 Å². The number of hydrogen-bond donors (Lipinski definition) is 2. The predicted molar refractivity (Wildman–Crippen MR) is 120 cm³/mol. The molecule has 162 valence electrons. The molecule has 1 saturated heterocycles. The number of benzene rings is 2. The van der Waals surface area contributed by atoms with E-state index >= 15 is 0 Å². The van der Waals surface area contributed by atoms with Crippen molar-refractivity contribution >= 4 is 5.96 Å². The average molecular weight is 412 g/mol. The molecule has 0 bridgehead atoms. The first-order chi connectivity index (χ1) is 14.8. The summed E-state index contributed by atoms with van der Waals surface area (Å²) in [6.07, 6.45) is 3.17. The molecule has 2 aromatic carbocycles. The maximum Gasteiger partial charge on any atom is 0.191 e. The van der Waals surface area contributed by atoms with Crippen LogP contribution in [0.15, 0.2) is 59.6 Å². The molecule has 2 aromatic rings. The Morgan fingerprint density at radius 1 is 1.03 bits per heavy atom. The van der Waals surface area contributed by atoms with E-state index in [9.17, 15) is 0 Å². The molecule has 1 heterocycles. The summed E-state index contributed by atoms with van der Waals surface area (Å²) in [5.74, 6) is 3.09. The zero-order valence-electron chi connectivity index (χ0n) is 17.8. The molecule has 6 nitrogen and oxygen atoms in total. The molecule has 3 rings (SSSR count). The van der Waals surface area contributed by atoms with E-state index in [2.05, 4.69) is 21.7 Å². The summed E-state index contributed by atoms with van der Waals surface area (Å²) in [7, 11) is 1.78. The molecular weight excluding hydrogens is 378 g/mol. The van der Waals surface area contributed by atoms with Gasteiger partial charge < -0.3 is 24.8 Å². The van der Waals surface area contributed by atoms with E-state index in [0.717, 1.165) is 75.3 Å². The number of para-hydroxylation sites is 2. The van der Waals surface area contributed by atoms with E-state index < -0.39 is 0 Å². The molecule has 0 aromatic heterocycles. The minimum Gasteiger partial charge on any atom is -0.457 e. The van der Waals surface area contributed by atoms with Crippen molar-refractivity contribution in [2.45, 2.75) is 25.8 Å². The summed E-state index contributed by atoms with van der Waals surface area (Å²) in [5, 5.41) is 6.70. The van der Waals surface area contributed by atoms with E-state index in [1.807, 2.05) is 48.5 Å². The third-order valence-electron chi connectivity index (χ3n) is 5.07. The van der Waals surface area contributed by atoms with Gasteiger partial charge >= 0.3 is 0 Å². The number of rotatable bonds is 10. The van der Waals surface area contributed by atoms with Crippen molar-refractivity contribution in [3.8, 4) is 11.5 Å². The van der Waals surface area contributed by atoms with Gasteiger partial charge in [0, 0.05) is 52.1 Å². The monoisotopic (exact) mass is 411 g/mol. The van der Waals surface area contributed by atoms with Crippen LogP contribution in [-0.4, -0.2) is 46.0 Å². The van der Waals surface area contributed by atoms with Crippen LogP contribution in [0.2, 0.25) is 0 Å². The lowest BCUT2D eigenvalue weighted by molar-refractivity contribution is 0.0203. The van der Waals surface area contributed by atoms with Gasteiger partial charge in [-0.05, 0) is 43.4 Å². The van der Waals surface area contributed by atoms with Crippen LogP contribution in [-0.2, 0) is 16.0 Å². The Bertz CT molecular complexity index is 761. The van der Waals surface area contributed by atoms with Gasteiger partial charge in [0.05, 0.1) is 0 Å². The lowest BCUT2D eigenvalue weighted by Gasteiger charge is -2.21. The van der Waals surface area contributed by atoms with E-state index in [-0.39, 0.29) is 0 Å². The summed E-state index contributed by atoms with van der Waals surface area (Å²) >= 11 is 0. The van der Waals surface area contributed by atoms with E-state index in [1.54, 1.807) is 7.05 Å². The van der Waals surface area contributed by atoms with Gasteiger partial charge in [0.2, 0.25) is 0 Å². The number of hydrogen-bond acceptors (Lipinski definition) is 4. The number of nitrogens with zero attached hydrogens (tertiary/aromatic N) is 1. The zero-order chi connectivity index (χ0) is 20.9. The van der Waals surface area contributed by atoms with Crippen molar-refractivity contribution in [2.24, 2.45) is 10.9 Å². The minimum absolute atomic E-state index is 0.628. The van der Waals surface area contributed by atoms with Crippen molar-refractivity contribution in [1.29, 1.82) is 0 Å². The maximum absolute atomic E-state index is 6.03. The third-order valence-corrected chi connectivity index (χ3v) is 5.07. The molecule has 0 saturated carbocycles. The molecule has 2 N–H and O–H groups in total. The van der Waals surface area contributed by atoms with Crippen LogP contribution in [0.4, 0.5) is 0 Å². The van der Waals surface area contributed by atoms with Crippen molar-refractivity contribution < 1.29 is 14.2 Å². The first-order valence-corrected chi connectivity index (χ1v) is 10.8. The van der Waals surface area contributed by atoms with Crippen LogP contribution in [0.25, 0.3) is 0 Å². The van der Waals surface area contributed by atoms with Gasteiger partial charge in [-0.3, -0.25) is 4.99 Å². The predicted octanol–water partition coefficient (Wildman–Crippen LogP) is 3.98. The van der Waals surface area contributed by atoms with E-state index in [4.69, 9.17) is 14.2 Å². The van der Waals surface area contributed by atoms with Crippen LogP contribution in [0, 0.1) is 5.92 Å². The molecule has 6 heteroatoms. The summed E-state index contributed by atoms with van der Waals surface area (Å²) in [6.45, 7) is 4.79. The van der Waals surface area contributed by atoms with Gasteiger partial charge in [0.1, 0.15) is 11.5 Å². The summed E-state index contributed by atoms with van der Waals surface area (Å²) < 4.78 is 17.2. The highest BCUT2D eigenvalue weighted by atomic mass is 16.5. The van der Waals surface area contributed by atoms with E-state index in [1.165, 1.54) is 0 Å². The van der Waals surface area contributed by atoms with Crippen molar-refractivity contribution in [3.05, 3.63) is 60.2 Å².